The Kier molecular flexibility index (Phi) is 4.95. The van der Waals surface area contributed by atoms with E-state index < -0.39 is 10.0 Å². The number of alkyl halides is 1. The molecule has 1 aromatic heterocycles. The van der Waals surface area contributed by atoms with E-state index in [1.165, 1.54) is 10.5 Å². The quantitative estimate of drug-likeness (QED) is 0.806. The van der Waals surface area contributed by atoms with Crippen LogP contribution in [0.25, 0.3) is 0 Å². The molecule has 0 radical (unpaired) electrons. The molecular weight excluding hydrogens is 342 g/mol. The Morgan fingerprint density at radius 3 is 2.55 bits per heavy atom. The predicted molar refractivity (Wildman–Crippen MR) is 81.2 cm³/mol. The van der Waals surface area contributed by atoms with Crippen molar-refractivity contribution in [3.8, 4) is 0 Å². The van der Waals surface area contributed by atoms with Crippen molar-refractivity contribution in [2.45, 2.75) is 18.5 Å². The lowest BCUT2D eigenvalue weighted by Crippen LogP contribution is -2.32. The first-order valence-electron chi connectivity index (χ1n) is 6.15. The van der Waals surface area contributed by atoms with Crippen LogP contribution in [0, 0.1) is 6.92 Å². The lowest BCUT2D eigenvalue weighted by Gasteiger charge is -2.20. The van der Waals surface area contributed by atoms with Gasteiger partial charge in [0, 0.05) is 18.4 Å². The first-order chi connectivity index (χ1) is 9.54. The maximum absolute atomic E-state index is 12.6. The Morgan fingerprint density at radius 1 is 1.30 bits per heavy atom. The van der Waals surface area contributed by atoms with Crippen LogP contribution < -0.4 is 0 Å². The summed E-state index contributed by atoms with van der Waals surface area (Å²) in [4.78, 5) is 6.74. The van der Waals surface area contributed by atoms with Gasteiger partial charge in [-0.3, -0.25) is 0 Å². The summed E-state index contributed by atoms with van der Waals surface area (Å²) in [6.07, 6.45) is 1.36. The van der Waals surface area contributed by atoms with Gasteiger partial charge in [-0.25, -0.2) is 13.4 Å². The van der Waals surface area contributed by atoms with Crippen molar-refractivity contribution in [1.29, 1.82) is 0 Å². The number of sulfonamides is 1. The molecule has 2 aromatic rings. The normalized spacial score (nSPS) is 11.9. The van der Waals surface area contributed by atoms with E-state index in [9.17, 15) is 8.42 Å². The second-order valence-electron chi connectivity index (χ2n) is 4.35. The van der Waals surface area contributed by atoms with Crippen molar-refractivity contribution in [2.24, 2.45) is 0 Å². The molecule has 20 heavy (non-hydrogen) atoms. The SMILES string of the molecule is Cc1ncc(S(=O)(=O)N(CCBr)Cc2ccccc2)[nH]1. The molecule has 2 rings (SSSR count). The van der Waals surface area contributed by atoms with E-state index in [1.54, 1.807) is 6.92 Å². The van der Waals surface area contributed by atoms with Gasteiger partial charge in [0.2, 0.25) is 0 Å². The molecule has 7 heteroatoms. The zero-order chi connectivity index (χ0) is 14.6. The third-order valence-corrected chi connectivity index (χ3v) is 4.94. The molecule has 0 atom stereocenters. The second kappa shape index (κ2) is 6.51. The van der Waals surface area contributed by atoms with Gasteiger partial charge in [0.05, 0.1) is 6.20 Å². The molecule has 0 saturated heterocycles. The molecule has 0 bridgehead atoms. The van der Waals surface area contributed by atoms with E-state index in [0.29, 0.717) is 24.2 Å². The van der Waals surface area contributed by atoms with Gasteiger partial charge in [0.25, 0.3) is 10.0 Å². The van der Waals surface area contributed by atoms with E-state index in [4.69, 9.17) is 0 Å². The van der Waals surface area contributed by atoms with Crippen LogP contribution in [0.4, 0.5) is 0 Å². The average Bonchev–Trinajstić information content (AvgIpc) is 2.87. The van der Waals surface area contributed by atoms with Gasteiger partial charge < -0.3 is 4.98 Å². The highest BCUT2D eigenvalue weighted by atomic mass is 79.9. The largest absolute Gasteiger partial charge is 0.332 e. The molecular formula is C13H16BrN3O2S. The van der Waals surface area contributed by atoms with Gasteiger partial charge in [-0.15, -0.1) is 0 Å². The third-order valence-electron chi connectivity index (χ3n) is 2.83. The van der Waals surface area contributed by atoms with Gasteiger partial charge in [-0.2, -0.15) is 4.31 Å². The van der Waals surface area contributed by atoms with Crippen LogP contribution >= 0.6 is 15.9 Å². The zero-order valence-corrected chi connectivity index (χ0v) is 13.5. The van der Waals surface area contributed by atoms with Crippen LogP contribution in [0.5, 0.6) is 0 Å². The number of imidazole rings is 1. The molecule has 1 N–H and O–H groups in total. The topological polar surface area (TPSA) is 66.1 Å². The maximum Gasteiger partial charge on any atom is 0.260 e. The Hall–Kier alpha value is -1.18. The fraction of sp³-hybridized carbons (Fsp3) is 0.308. The maximum atomic E-state index is 12.6. The molecule has 0 unspecified atom stereocenters. The van der Waals surface area contributed by atoms with Gasteiger partial charge in [0.1, 0.15) is 5.82 Å². The minimum Gasteiger partial charge on any atom is -0.332 e. The fourth-order valence-corrected chi connectivity index (χ4v) is 3.89. The Bertz CT molecular complexity index is 655. The minimum absolute atomic E-state index is 0.131. The standard InChI is InChI=1S/C13H16BrN3O2S/c1-11-15-9-13(16-11)20(18,19)17(8-7-14)10-12-5-3-2-4-6-12/h2-6,9H,7-8,10H2,1H3,(H,15,16). The van der Waals surface area contributed by atoms with E-state index in [2.05, 4.69) is 25.9 Å². The van der Waals surface area contributed by atoms with Gasteiger partial charge in [-0.05, 0) is 12.5 Å². The number of nitrogens with one attached hydrogen (secondary N) is 1. The monoisotopic (exact) mass is 357 g/mol. The molecule has 0 aliphatic heterocycles. The van der Waals surface area contributed by atoms with Crippen molar-refractivity contribution in [1.82, 2.24) is 14.3 Å². The average molecular weight is 358 g/mol. The van der Waals surface area contributed by atoms with Crippen molar-refractivity contribution in [3.63, 3.8) is 0 Å². The van der Waals surface area contributed by atoms with E-state index >= 15 is 0 Å². The molecule has 108 valence electrons. The first kappa shape index (κ1) is 15.2. The molecule has 5 nitrogen and oxygen atoms in total. The molecule has 0 spiro atoms. The van der Waals surface area contributed by atoms with Crippen molar-refractivity contribution in [2.75, 3.05) is 11.9 Å². The highest BCUT2D eigenvalue weighted by Gasteiger charge is 2.25. The predicted octanol–water partition coefficient (Wildman–Crippen LogP) is 2.30. The third kappa shape index (κ3) is 3.47. The molecule has 0 saturated carbocycles. The van der Waals surface area contributed by atoms with E-state index in [1.807, 2.05) is 30.3 Å². The van der Waals surface area contributed by atoms with Crippen molar-refractivity contribution >= 4 is 26.0 Å². The van der Waals surface area contributed by atoms with Crippen molar-refractivity contribution in [3.05, 3.63) is 47.9 Å². The number of nitrogens with zero attached hydrogens (tertiary/aromatic N) is 2. The lowest BCUT2D eigenvalue weighted by molar-refractivity contribution is 0.424. The van der Waals surface area contributed by atoms with Crippen LogP contribution in [0.3, 0.4) is 0 Å². The van der Waals surface area contributed by atoms with Crippen molar-refractivity contribution < 1.29 is 8.42 Å². The Labute approximate surface area is 127 Å². The van der Waals surface area contributed by atoms with Gasteiger partial charge >= 0.3 is 0 Å². The summed E-state index contributed by atoms with van der Waals surface area (Å²) in [7, 11) is -3.56. The molecule has 0 aliphatic rings. The number of halogens is 1. The number of rotatable bonds is 6. The number of aryl methyl sites for hydroxylation is 1. The highest BCUT2D eigenvalue weighted by Crippen LogP contribution is 2.17. The van der Waals surface area contributed by atoms with E-state index in [0.717, 1.165) is 5.56 Å². The lowest BCUT2D eigenvalue weighted by atomic mass is 10.2. The minimum atomic E-state index is -3.56. The summed E-state index contributed by atoms with van der Waals surface area (Å²) >= 11 is 3.30. The molecule has 0 aliphatic carbocycles. The fourth-order valence-electron chi connectivity index (χ4n) is 1.83. The van der Waals surface area contributed by atoms with Gasteiger partial charge in [0.15, 0.2) is 5.03 Å². The molecule has 1 aromatic carbocycles. The van der Waals surface area contributed by atoms with Crippen LogP contribution in [-0.4, -0.2) is 34.6 Å². The summed E-state index contributed by atoms with van der Waals surface area (Å²) in [5.41, 5.74) is 0.952. The Balaban J connectivity index is 2.28. The number of H-pyrrole nitrogens is 1. The first-order valence-corrected chi connectivity index (χ1v) is 8.72. The van der Waals surface area contributed by atoms with Crippen LogP contribution in [-0.2, 0) is 16.6 Å². The Morgan fingerprint density at radius 2 is 2.00 bits per heavy atom. The number of benzene rings is 1. The smallest absolute Gasteiger partial charge is 0.260 e. The molecule has 0 amide bonds. The number of hydrogen-bond donors (Lipinski definition) is 1. The summed E-state index contributed by atoms with van der Waals surface area (Å²) in [5.74, 6) is 0.585. The highest BCUT2D eigenvalue weighted by molar-refractivity contribution is 9.09. The molecule has 1 heterocycles. The number of aromatic nitrogens is 2. The van der Waals surface area contributed by atoms with Crippen LogP contribution in [0.1, 0.15) is 11.4 Å². The van der Waals surface area contributed by atoms with Crippen LogP contribution in [0.2, 0.25) is 0 Å². The number of aromatic amines is 1. The van der Waals surface area contributed by atoms with Gasteiger partial charge in [-0.1, -0.05) is 46.3 Å². The summed E-state index contributed by atoms with van der Waals surface area (Å²) in [6, 6.07) is 9.53. The summed E-state index contributed by atoms with van der Waals surface area (Å²) in [5, 5.41) is 0.707. The van der Waals surface area contributed by atoms with E-state index in [-0.39, 0.29) is 5.03 Å². The van der Waals surface area contributed by atoms with Crippen LogP contribution in [0.15, 0.2) is 41.6 Å². The summed E-state index contributed by atoms with van der Waals surface area (Å²) < 4.78 is 26.6. The number of hydrogen-bond acceptors (Lipinski definition) is 3. The molecule has 0 fully saturated rings. The zero-order valence-electron chi connectivity index (χ0n) is 11.1. The second-order valence-corrected chi connectivity index (χ2v) is 7.05. The summed E-state index contributed by atoms with van der Waals surface area (Å²) in [6.45, 7) is 2.47.